The summed E-state index contributed by atoms with van der Waals surface area (Å²) in [7, 11) is 0. The maximum atomic E-state index is 12.5. The lowest BCUT2D eigenvalue weighted by Crippen LogP contribution is -2.18. The number of amides is 1. The van der Waals surface area contributed by atoms with Crippen molar-refractivity contribution in [1.82, 2.24) is 4.37 Å². The van der Waals surface area contributed by atoms with Crippen molar-refractivity contribution in [2.75, 3.05) is 5.32 Å². The molecule has 0 saturated heterocycles. The number of ether oxygens (including phenoxy) is 1. The monoisotopic (exact) mass is 510 g/mol. The quantitative estimate of drug-likeness (QED) is 0.304. The lowest BCUT2D eigenvalue weighted by Gasteiger charge is -2.16. The van der Waals surface area contributed by atoms with Gasteiger partial charge in [0.15, 0.2) is 10.9 Å². The molecule has 1 aliphatic carbocycles. The topological polar surface area (TPSA) is 115 Å². The number of fused-ring (bicyclic) bond motifs is 1. The number of anilines is 1. The number of benzene rings is 1. The van der Waals surface area contributed by atoms with Crippen molar-refractivity contribution >= 4 is 52.0 Å². The molecule has 0 radical (unpaired) electrons. The number of nitrogens with one attached hydrogen (secondary N) is 1. The molecule has 35 heavy (non-hydrogen) atoms. The first-order valence-corrected chi connectivity index (χ1v) is 11.9. The van der Waals surface area contributed by atoms with Crippen molar-refractivity contribution in [3.05, 3.63) is 69.1 Å². The molecule has 1 fully saturated rings. The van der Waals surface area contributed by atoms with Crippen LogP contribution in [0.25, 0.3) is 11.2 Å². The lowest BCUT2D eigenvalue weighted by molar-refractivity contribution is -0.140. The number of aryl methyl sites for hydroxylation is 1. The zero-order valence-corrected chi connectivity index (χ0v) is 20.2. The van der Waals surface area contributed by atoms with Gasteiger partial charge >= 0.3 is 12.1 Å². The predicted molar refractivity (Wildman–Crippen MR) is 130 cm³/mol. The third-order valence-electron chi connectivity index (χ3n) is 5.93. The molecule has 0 bridgehead atoms. The summed E-state index contributed by atoms with van der Waals surface area (Å²) in [6.45, 7) is 3.73. The first-order valence-electron chi connectivity index (χ1n) is 10.7. The number of hydrogen-bond acceptors (Lipinski definition) is 7. The molecule has 3 aromatic heterocycles. The van der Waals surface area contributed by atoms with Crippen LogP contribution in [0.3, 0.4) is 0 Å². The van der Waals surface area contributed by atoms with E-state index in [9.17, 15) is 14.7 Å². The van der Waals surface area contributed by atoms with Crippen LogP contribution in [0, 0.1) is 18.8 Å². The van der Waals surface area contributed by atoms with Crippen LogP contribution in [0.4, 0.5) is 10.5 Å². The third-order valence-corrected chi connectivity index (χ3v) is 7.07. The molecule has 0 spiro atoms. The second kappa shape index (κ2) is 8.80. The number of carbonyl (C=O) groups is 2. The molecule has 4 aromatic rings. The van der Waals surface area contributed by atoms with E-state index in [0.29, 0.717) is 34.6 Å². The van der Waals surface area contributed by atoms with E-state index in [0.717, 1.165) is 22.7 Å². The van der Waals surface area contributed by atoms with Crippen molar-refractivity contribution in [2.24, 2.45) is 0 Å². The van der Waals surface area contributed by atoms with Crippen LogP contribution in [0.1, 0.15) is 53.4 Å². The number of carbonyl (C=O) groups excluding carboxylic acids is 1. The molecule has 1 atom stereocenters. The normalized spacial score (nSPS) is 14.7. The van der Waals surface area contributed by atoms with E-state index in [4.69, 9.17) is 25.2 Å². The van der Waals surface area contributed by atoms with E-state index in [2.05, 4.69) is 21.5 Å². The fourth-order valence-corrected chi connectivity index (χ4v) is 4.71. The molecule has 0 aliphatic heterocycles. The van der Waals surface area contributed by atoms with Crippen LogP contribution < -0.4 is 5.32 Å². The van der Waals surface area contributed by atoms with E-state index >= 15 is 0 Å². The summed E-state index contributed by atoms with van der Waals surface area (Å²) in [5.74, 6) is 5.78. The highest BCUT2D eigenvalue weighted by atomic mass is 35.5. The molecule has 1 amide bonds. The number of rotatable bonds is 5. The van der Waals surface area contributed by atoms with Crippen LogP contribution in [0.15, 0.2) is 45.2 Å². The van der Waals surface area contributed by atoms with Gasteiger partial charge in [0.05, 0.1) is 5.39 Å². The zero-order chi connectivity index (χ0) is 24.7. The molecule has 1 aliphatic rings. The van der Waals surface area contributed by atoms with E-state index in [1.54, 1.807) is 19.1 Å². The Hall–Kier alpha value is -3.74. The smallest absolute Gasteiger partial charge is 0.412 e. The van der Waals surface area contributed by atoms with Crippen LogP contribution in [-0.2, 0) is 14.9 Å². The Bertz CT molecular complexity index is 1490. The molecular formula is C25H19ClN2O6S. The highest BCUT2D eigenvalue weighted by Gasteiger charge is 2.54. The summed E-state index contributed by atoms with van der Waals surface area (Å²) in [5, 5.41) is 12.8. The van der Waals surface area contributed by atoms with Gasteiger partial charge in [0, 0.05) is 6.07 Å². The Morgan fingerprint density at radius 2 is 2.03 bits per heavy atom. The predicted octanol–water partition coefficient (Wildman–Crippen LogP) is 6.27. The van der Waals surface area contributed by atoms with Crippen molar-refractivity contribution in [1.29, 1.82) is 0 Å². The summed E-state index contributed by atoms with van der Waals surface area (Å²) in [6.07, 6.45) is -0.0601. The Kier molecular flexibility index (Phi) is 5.79. The number of furan rings is 2. The number of carboxylic acids is 1. The van der Waals surface area contributed by atoms with Crippen LogP contribution in [0.5, 0.6) is 0 Å². The molecule has 178 valence electrons. The Morgan fingerprint density at radius 1 is 1.26 bits per heavy atom. The maximum absolute atomic E-state index is 12.5. The van der Waals surface area contributed by atoms with Gasteiger partial charge < -0.3 is 18.7 Å². The number of halogens is 1. The second-order valence-electron chi connectivity index (χ2n) is 8.31. The van der Waals surface area contributed by atoms with E-state index in [1.165, 1.54) is 0 Å². The Balaban J connectivity index is 1.30. The van der Waals surface area contributed by atoms with Gasteiger partial charge in [0.25, 0.3) is 5.78 Å². The average molecular weight is 511 g/mol. The molecule has 1 unspecified atom stereocenters. The van der Waals surface area contributed by atoms with Gasteiger partial charge in [-0.2, -0.15) is 4.37 Å². The first kappa shape index (κ1) is 23.0. The molecule has 10 heteroatoms. The highest BCUT2D eigenvalue weighted by molar-refractivity contribution is 7.07. The number of aromatic nitrogens is 1. The van der Waals surface area contributed by atoms with Crippen molar-refractivity contribution < 1.29 is 28.3 Å². The number of aliphatic carboxylic acids is 1. The van der Waals surface area contributed by atoms with E-state index in [-0.39, 0.29) is 16.6 Å². The first-order chi connectivity index (χ1) is 16.8. The standard InChI is InChI=1S/C25H19ClN2O6S/c1-13-5-3-4-6-17(13)14(2)32-24(31)27-20-18(35-28-21(20)26)8-7-16-11-15-12-19(34-22(15)33-16)25(9-10-25)23(29)30/h3-6,11-12,14H,9-10H2,1-2H3,(H,27,31)(H,29,30). The lowest BCUT2D eigenvalue weighted by atomic mass is 10.0. The minimum Gasteiger partial charge on any atom is -0.480 e. The van der Waals surface area contributed by atoms with E-state index < -0.39 is 23.6 Å². The fraction of sp³-hybridized carbons (Fsp3) is 0.240. The van der Waals surface area contributed by atoms with Crippen LogP contribution >= 0.6 is 23.1 Å². The van der Waals surface area contributed by atoms with Crippen LogP contribution in [0.2, 0.25) is 5.15 Å². The minimum atomic E-state index is -0.946. The SMILES string of the molecule is Cc1ccccc1C(C)OC(=O)Nc1c(Cl)nsc1C#Cc1cc2cc(C3(C(=O)O)CC3)oc2o1. The largest absolute Gasteiger partial charge is 0.480 e. The molecule has 3 heterocycles. The second-order valence-corrected chi connectivity index (χ2v) is 9.44. The molecule has 8 nitrogen and oxygen atoms in total. The van der Waals surface area contributed by atoms with Crippen molar-refractivity contribution in [3.63, 3.8) is 0 Å². The molecule has 1 saturated carbocycles. The van der Waals surface area contributed by atoms with Gasteiger partial charge in [0.2, 0.25) is 0 Å². The van der Waals surface area contributed by atoms with Gasteiger partial charge in [-0.1, -0.05) is 35.9 Å². The Morgan fingerprint density at radius 3 is 2.71 bits per heavy atom. The van der Waals surface area contributed by atoms with Gasteiger partial charge in [-0.3, -0.25) is 10.1 Å². The highest BCUT2D eigenvalue weighted by Crippen LogP contribution is 2.50. The average Bonchev–Trinajstić information content (AvgIpc) is 3.25. The Labute approximate surface area is 209 Å². The van der Waals surface area contributed by atoms with Gasteiger partial charge in [-0.15, -0.1) is 0 Å². The van der Waals surface area contributed by atoms with Crippen molar-refractivity contribution in [2.45, 2.75) is 38.2 Å². The van der Waals surface area contributed by atoms with Crippen LogP contribution in [-0.4, -0.2) is 21.5 Å². The van der Waals surface area contributed by atoms with Gasteiger partial charge in [-0.25, -0.2) is 4.79 Å². The molecular weight excluding hydrogens is 492 g/mol. The fourth-order valence-electron chi connectivity index (χ4n) is 3.81. The summed E-state index contributed by atoms with van der Waals surface area (Å²) < 4.78 is 20.8. The number of hydrogen-bond donors (Lipinski definition) is 2. The van der Waals surface area contributed by atoms with Gasteiger partial charge in [-0.05, 0) is 67.3 Å². The van der Waals surface area contributed by atoms with Crippen molar-refractivity contribution in [3.8, 4) is 11.8 Å². The molecule has 1 aromatic carbocycles. The number of carboxylic acid groups (broad SMARTS) is 1. The zero-order valence-electron chi connectivity index (χ0n) is 18.7. The summed E-state index contributed by atoms with van der Waals surface area (Å²) in [6, 6.07) is 11.0. The number of nitrogens with zero attached hydrogens (tertiary/aromatic N) is 1. The summed E-state index contributed by atoms with van der Waals surface area (Å²) >= 11 is 7.19. The third kappa shape index (κ3) is 4.38. The minimum absolute atomic E-state index is 0.0982. The maximum Gasteiger partial charge on any atom is 0.412 e. The molecule has 5 rings (SSSR count). The molecule has 2 N–H and O–H groups in total. The summed E-state index contributed by atoms with van der Waals surface area (Å²) in [5.41, 5.74) is 1.22. The van der Waals surface area contributed by atoms with E-state index in [1.807, 2.05) is 31.2 Å². The van der Waals surface area contributed by atoms with Gasteiger partial charge in [0.1, 0.15) is 27.8 Å². The summed E-state index contributed by atoms with van der Waals surface area (Å²) in [4.78, 5) is 24.4.